The van der Waals surface area contributed by atoms with Crippen LogP contribution in [0, 0.1) is 0 Å². The summed E-state index contributed by atoms with van der Waals surface area (Å²) in [6.45, 7) is 0.300. The second-order valence-electron chi connectivity index (χ2n) is 4.64. The molecule has 2 aromatic rings. The number of nitrogens with one attached hydrogen (secondary N) is 1. The lowest BCUT2D eigenvalue weighted by atomic mass is 10.5. The smallest absolute Gasteiger partial charge is 0.394 e. The topological polar surface area (TPSA) is 352 Å². The summed E-state index contributed by atoms with van der Waals surface area (Å²) in [6.07, 6.45) is 1.43. The van der Waals surface area contributed by atoms with Crippen molar-refractivity contribution in [1.82, 2.24) is 19.5 Å². The Kier molecular flexibility index (Phi) is 14.0. The first-order chi connectivity index (χ1) is 13.7. The number of nitrogens with zero attached hydrogens (tertiary/aromatic N) is 3. The largest absolute Gasteiger partial charge is 0.466 e. The summed E-state index contributed by atoms with van der Waals surface area (Å²) < 4.78 is 33.3. The van der Waals surface area contributed by atoms with Crippen LogP contribution in [0.25, 0.3) is 11.2 Å². The zero-order valence-corrected chi connectivity index (χ0v) is 17.7. The van der Waals surface area contributed by atoms with Crippen LogP contribution in [0.2, 0.25) is 0 Å². The molecule has 0 saturated heterocycles. The number of aliphatic hydroxyl groups is 1. The highest BCUT2D eigenvalue weighted by Crippen LogP contribution is 2.26. The van der Waals surface area contributed by atoms with Crippen molar-refractivity contribution in [2.75, 3.05) is 18.9 Å². The lowest BCUT2D eigenvalue weighted by molar-refractivity contribution is 0.0499. The van der Waals surface area contributed by atoms with Gasteiger partial charge in [0, 0.05) is 0 Å². The molecule has 0 spiro atoms. The number of ether oxygens (including phenoxy) is 1. The molecule has 0 atom stereocenters. The highest BCUT2D eigenvalue weighted by Gasteiger charge is 2.08. The van der Waals surface area contributed by atoms with E-state index in [1.807, 2.05) is 0 Å². The summed E-state index contributed by atoms with van der Waals surface area (Å²) in [6, 6.07) is 0. The molecule has 0 aliphatic rings. The van der Waals surface area contributed by atoms with Crippen LogP contribution in [0.3, 0.4) is 0 Å². The van der Waals surface area contributed by atoms with Crippen molar-refractivity contribution in [2.24, 2.45) is 0 Å². The summed E-state index contributed by atoms with van der Waals surface area (Å²) in [5, 5.41) is 8.56. The average Bonchev–Trinajstić information content (AvgIpc) is 2.85. The van der Waals surface area contributed by atoms with E-state index in [0.29, 0.717) is 5.65 Å². The number of hydrogen-bond donors (Lipinski definition) is 12. The van der Waals surface area contributed by atoms with Gasteiger partial charge in [0.25, 0.3) is 5.56 Å². The maximum absolute atomic E-state index is 11.4. The molecular formula is C8H20N5O15P3. The molecule has 2 rings (SSSR count). The molecule has 13 N–H and O–H groups in total. The Morgan fingerprint density at radius 2 is 1.39 bits per heavy atom. The molecule has 0 radical (unpaired) electrons. The Balaban J connectivity index is 0. The van der Waals surface area contributed by atoms with Gasteiger partial charge in [0.1, 0.15) is 6.73 Å². The summed E-state index contributed by atoms with van der Waals surface area (Å²) in [5.74, 6) is 0.0291. The molecule has 20 nitrogen and oxygen atoms in total. The van der Waals surface area contributed by atoms with Crippen molar-refractivity contribution >= 4 is 40.6 Å². The summed E-state index contributed by atoms with van der Waals surface area (Å²) in [7, 11) is -13.9. The molecule has 0 aromatic carbocycles. The monoisotopic (exact) mass is 519 g/mol. The van der Waals surface area contributed by atoms with Crippen molar-refractivity contribution < 1.29 is 67.6 Å². The fourth-order valence-electron chi connectivity index (χ4n) is 1.29. The minimum Gasteiger partial charge on any atom is -0.394 e. The van der Waals surface area contributed by atoms with E-state index >= 15 is 0 Å². The minimum atomic E-state index is -4.64. The minimum absolute atomic E-state index is 0.0291. The maximum atomic E-state index is 11.4. The fourth-order valence-corrected chi connectivity index (χ4v) is 1.29. The number of imidazole rings is 1. The Hall–Kier alpha value is -1.60. The molecular weight excluding hydrogens is 499 g/mol. The van der Waals surface area contributed by atoms with E-state index in [1.165, 1.54) is 10.9 Å². The van der Waals surface area contributed by atoms with Crippen molar-refractivity contribution in [3.05, 3.63) is 16.7 Å². The van der Waals surface area contributed by atoms with Gasteiger partial charge >= 0.3 is 23.5 Å². The van der Waals surface area contributed by atoms with E-state index in [2.05, 4.69) is 15.0 Å². The normalized spacial score (nSPS) is 11.4. The van der Waals surface area contributed by atoms with Gasteiger partial charge in [0.2, 0.25) is 5.95 Å². The van der Waals surface area contributed by atoms with Crippen LogP contribution in [0.15, 0.2) is 11.1 Å². The van der Waals surface area contributed by atoms with Crippen LogP contribution in [-0.4, -0.2) is 81.9 Å². The van der Waals surface area contributed by atoms with Gasteiger partial charge < -0.3 is 59.6 Å². The number of H-pyrrole nitrogens is 1. The van der Waals surface area contributed by atoms with Gasteiger partial charge in [-0.3, -0.25) is 14.3 Å². The average molecular weight is 519 g/mol. The standard InChI is InChI=1S/C8H11N5O3.3H3O4P/c9-8-11-6-5(7(15)12-8)10-3-13(6)4-16-2-1-14;3*1-5(2,3)4/h3,14H,1-2,4H2,(H3,9,11,12,15);3*(H3,1,2,3,4). The Bertz CT molecular complexity index is 916. The number of anilines is 1. The Labute approximate surface area is 171 Å². The first-order valence-electron chi connectivity index (χ1n) is 6.96. The summed E-state index contributed by atoms with van der Waals surface area (Å²) in [4.78, 5) is 86.3. The van der Waals surface area contributed by atoms with Gasteiger partial charge in [0.15, 0.2) is 11.2 Å². The third-order valence-corrected chi connectivity index (χ3v) is 1.96. The first kappa shape index (κ1) is 31.6. The zero-order valence-electron chi connectivity index (χ0n) is 15.0. The lowest BCUT2D eigenvalue weighted by Crippen LogP contribution is -2.13. The van der Waals surface area contributed by atoms with Gasteiger partial charge in [-0.1, -0.05) is 0 Å². The number of hydrogen-bond acceptors (Lipinski definition) is 9. The number of phosphoric acid groups is 3. The zero-order chi connectivity index (χ0) is 25.0. The number of fused-ring (bicyclic) bond motifs is 1. The van der Waals surface area contributed by atoms with E-state index in [9.17, 15) is 4.79 Å². The molecule has 0 aliphatic carbocycles. The van der Waals surface area contributed by atoms with Gasteiger partial charge in [-0.2, -0.15) is 4.98 Å². The molecule has 0 amide bonds. The van der Waals surface area contributed by atoms with Crippen LogP contribution in [0.5, 0.6) is 0 Å². The third-order valence-electron chi connectivity index (χ3n) is 1.96. The SMILES string of the molecule is Nc1nc2c(ncn2COCCO)c(=O)[nH]1.O=P(O)(O)O.O=P(O)(O)O.O=P(O)(O)O. The number of rotatable bonds is 4. The van der Waals surface area contributed by atoms with Crippen LogP contribution in [-0.2, 0) is 25.2 Å². The van der Waals surface area contributed by atoms with E-state index in [1.54, 1.807) is 0 Å². The number of aliphatic hydroxyl groups excluding tert-OH is 1. The van der Waals surface area contributed by atoms with Gasteiger partial charge in [-0.25, -0.2) is 18.7 Å². The van der Waals surface area contributed by atoms with E-state index in [-0.39, 0.29) is 37.0 Å². The van der Waals surface area contributed by atoms with Crippen LogP contribution in [0.4, 0.5) is 5.95 Å². The molecule has 2 heterocycles. The number of aromatic nitrogens is 4. The first-order valence-corrected chi connectivity index (χ1v) is 11.7. The molecule has 23 heteroatoms. The van der Waals surface area contributed by atoms with E-state index < -0.39 is 23.5 Å². The lowest BCUT2D eigenvalue weighted by Gasteiger charge is -2.03. The number of aromatic amines is 1. The molecule has 0 unspecified atom stereocenters. The number of nitrogens with two attached hydrogens (primary N) is 1. The van der Waals surface area contributed by atoms with Crippen molar-refractivity contribution in [2.45, 2.75) is 6.73 Å². The van der Waals surface area contributed by atoms with Gasteiger partial charge in [0.05, 0.1) is 19.5 Å². The molecule has 182 valence electrons. The summed E-state index contributed by atoms with van der Waals surface area (Å²) >= 11 is 0. The van der Waals surface area contributed by atoms with Crippen molar-refractivity contribution in [3.8, 4) is 0 Å². The third kappa shape index (κ3) is 24.5. The molecule has 2 aromatic heterocycles. The molecule has 31 heavy (non-hydrogen) atoms. The Morgan fingerprint density at radius 1 is 0.968 bits per heavy atom. The second kappa shape index (κ2) is 13.7. The highest BCUT2D eigenvalue weighted by atomic mass is 31.2. The molecule has 0 saturated carbocycles. The van der Waals surface area contributed by atoms with Crippen molar-refractivity contribution in [1.29, 1.82) is 0 Å². The Morgan fingerprint density at radius 3 is 1.77 bits per heavy atom. The van der Waals surface area contributed by atoms with Crippen LogP contribution in [0.1, 0.15) is 0 Å². The second-order valence-corrected chi connectivity index (χ2v) is 7.72. The van der Waals surface area contributed by atoms with E-state index in [0.717, 1.165) is 0 Å². The van der Waals surface area contributed by atoms with Crippen LogP contribution < -0.4 is 11.3 Å². The predicted octanol–water partition coefficient (Wildman–Crippen LogP) is -4.12. The van der Waals surface area contributed by atoms with Gasteiger partial charge in [-0.15, -0.1) is 0 Å². The van der Waals surface area contributed by atoms with Gasteiger partial charge in [-0.05, 0) is 0 Å². The van der Waals surface area contributed by atoms with E-state index in [4.69, 9.17) is 73.3 Å². The summed E-state index contributed by atoms with van der Waals surface area (Å²) in [5.41, 5.74) is 5.60. The predicted molar refractivity (Wildman–Crippen MR) is 98.4 cm³/mol. The molecule has 0 bridgehead atoms. The maximum Gasteiger partial charge on any atom is 0.466 e. The fraction of sp³-hybridized carbons (Fsp3) is 0.375. The number of nitrogen functional groups attached to an aromatic ring is 1. The van der Waals surface area contributed by atoms with Crippen molar-refractivity contribution in [3.63, 3.8) is 0 Å². The quantitative estimate of drug-likeness (QED) is 0.135. The highest BCUT2D eigenvalue weighted by molar-refractivity contribution is 7.45. The molecule has 0 fully saturated rings. The van der Waals surface area contributed by atoms with Crippen LogP contribution >= 0.6 is 23.5 Å². The molecule has 0 aliphatic heterocycles.